The molecule has 1 heterocycles. The number of fused-ring (bicyclic) bond motifs is 1. The quantitative estimate of drug-likeness (QED) is 0.840. The van der Waals surface area contributed by atoms with E-state index in [-0.39, 0.29) is 11.8 Å². The molecule has 92 valence electrons. The third kappa shape index (κ3) is 2.34. The molecule has 0 radical (unpaired) electrons. The summed E-state index contributed by atoms with van der Waals surface area (Å²) in [7, 11) is 0. The van der Waals surface area contributed by atoms with E-state index in [9.17, 15) is 4.79 Å². The van der Waals surface area contributed by atoms with Gasteiger partial charge >= 0.3 is 0 Å². The average molecular weight is 232 g/mol. The predicted molar refractivity (Wildman–Crippen MR) is 70.0 cm³/mol. The number of nitrogens with one attached hydrogen (secondary N) is 1. The van der Waals surface area contributed by atoms with Crippen molar-refractivity contribution in [1.29, 1.82) is 0 Å². The standard InChI is InChI=1S/C14H20N2O/c1-9(2)12-5-3-4-10-8-11(6-7-15)14(17)16-13(10)12/h3-5,9,11H,6-8,15H2,1-2H3,(H,16,17). The Kier molecular flexibility index (Phi) is 3.48. The molecule has 0 spiro atoms. The molecule has 1 aliphatic heterocycles. The first-order chi connectivity index (χ1) is 8.13. The lowest BCUT2D eigenvalue weighted by Gasteiger charge is -2.27. The summed E-state index contributed by atoms with van der Waals surface area (Å²) in [4.78, 5) is 12.0. The van der Waals surface area contributed by atoms with Crippen LogP contribution in [0.25, 0.3) is 0 Å². The SMILES string of the molecule is CC(C)c1cccc2c1NC(=O)C(CCN)C2. The smallest absolute Gasteiger partial charge is 0.227 e. The van der Waals surface area contributed by atoms with Crippen LogP contribution in [0.1, 0.15) is 37.3 Å². The van der Waals surface area contributed by atoms with Crippen LogP contribution in [0, 0.1) is 5.92 Å². The Morgan fingerprint density at radius 2 is 2.24 bits per heavy atom. The molecule has 0 saturated carbocycles. The minimum Gasteiger partial charge on any atom is -0.330 e. The van der Waals surface area contributed by atoms with Crippen LogP contribution in [-0.4, -0.2) is 12.5 Å². The first-order valence-electron chi connectivity index (χ1n) is 6.26. The van der Waals surface area contributed by atoms with E-state index in [1.807, 2.05) is 0 Å². The molecule has 1 amide bonds. The van der Waals surface area contributed by atoms with E-state index in [0.29, 0.717) is 12.5 Å². The first-order valence-corrected chi connectivity index (χ1v) is 6.26. The van der Waals surface area contributed by atoms with Crippen LogP contribution in [0.5, 0.6) is 0 Å². The molecular weight excluding hydrogens is 212 g/mol. The molecule has 17 heavy (non-hydrogen) atoms. The van der Waals surface area contributed by atoms with Gasteiger partial charge in [0.15, 0.2) is 0 Å². The van der Waals surface area contributed by atoms with Gasteiger partial charge in [-0.3, -0.25) is 4.79 Å². The summed E-state index contributed by atoms with van der Waals surface area (Å²) in [5.74, 6) is 0.585. The summed E-state index contributed by atoms with van der Waals surface area (Å²) < 4.78 is 0. The van der Waals surface area contributed by atoms with Gasteiger partial charge in [0.05, 0.1) is 0 Å². The van der Waals surface area contributed by atoms with E-state index in [2.05, 4.69) is 37.4 Å². The van der Waals surface area contributed by atoms with E-state index < -0.39 is 0 Å². The van der Waals surface area contributed by atoms with Crippen LogP contribution >= 0.6 is 0 Å². The van der Waals surface area contributed by atoms with Crippen LogP contribution in [-0.2, 0) is 11.2 Å². The zero-order valence-corrected chi connectivity index (χ0v) is 10.5. The Labute approximate surface area is 102 Å². The number of benzene rings is 1. The highest BCUT2D eigenvalue weighted by Crippen LogP contribution is 2.33. The van der Waals surface area contributed by atoms with Gasteiger partial charge in [0.25, 0.3) is 0 Å². The minimum atomic E-state index is 0.0370. The molecule has 3 heteroatoms. The summed E-state index contributed by atoms with van der Waals surface area (Å²) in [6, 6.07) is 6.27. The van der Waals surface area contributed by atoms with E-state index >= 15 is 0 Å². The Balaban J connectivity index is 2.34. The summed E-state index contributed by atoms with van der Waals surface area (Å²) in [5.41, 5.74) is 9.04. The Hall–Kier alpha value is -1.35. The lowest BCUT2D eigenvalue weighted by atomic mass is 9.87. The maximum absolute atomic E-state index is 12.0. The van der Waals surface area contributed by atoms with Gasteiger partial charge in [-0.1, -0.05) is 32.0 Å². The monoisotopic (exact) mass is 232 g/mol. The number of anilines is 1. The molecule has 3 N–H and O–H groups in total. The van der Waals surface area contributed by atoms with Crippen LogP contribution in [0.3, 0.4) is 0 Å². The molecule has 2 rings (SSSR count). The molecule has 0 fully saturated rings. The average Bonchev–Trinajstić information content (AvgIpc) is 2.29. The van der Waals surface area contributed by atoms with Gasteiger partial charge < -0.3 is 11.1 Å². The molecule has 0 bridgehead atoms. The number of hydrogen-bond donors (Lipinski definition) is 2. The molecule has 0 saturated heterocycles. The lowest BCUT2D eigenvalue weighted by molar-refractivity contribution is -0.120. The fourth-order valence-electron chi connectivity index (χ4n) is 2.44. The van der Waals surface area contributed by atoms with Crippen molar-refractivity contribution in [1.82, 2.24) is 0 Å². The molecule has 3 nitrogen and oxygen atoms in total. The van der Waals surface area contributed by atoms with E-state index in [1.165, 1.54) is 11.1 Å². The molecule has 1 aromatic rings. The van der Waals surface area contributed by atoms with Crippen molar-refractivity contribution >= 4 is 11.6 Å². The first kappa shape index (κ1) is 12.1. The summed E-state index contributed by atoms with van der Waals surface area (Å²) >= 11 is 0. The van der Waals surface area contributed by atoms with Crippen LogP contribution < -0.4 is 11.1 Å². The Morgan fingerprint density at radius 1 is 1.47 bits per heavy atom. The molecule has 1 atom stereocenters. The molecule has 0 aromatic heterocycles. The number of hydrogen-bond acceptors (Lipinski definition) is 2. The van der Waals surface area contributed by atoms with Crippen LogP contribution in [0.2, 0.25) is 0 Å². The number of rotatable bonds is 3. The van der Waals surface area contributed by atoms with Gasteiger partial charge in [-0.15, -0.1) is 0 Å². The maximum atomic E-state index is 12.0. The lowest BCUT2D eigenvalue weighted by Crippen LogP contribution is -2.32. The molecular formula is C14H20N2O. The second kappa shape index (κ2) is 4.88. The van der Waals surface area contributed by atoms with Crippen molar-refractivity contribution < 1.29 is 4.79 Å². The second-order valence-electron chi connectivity index (χ2n) is 5.00. The molecule has 0 aliphatic carbocycles. The van der Waals surface area contributed by atoms with Crippen molar-refractivity contribution in [3.05, 3.63) is 29.3 Å². The van der Waals surface area contributed by atoms with Crippen molar-refractivity contribution in [2.75, 3.05) is 11.9 Å². The fraction of sp³-hybridized carbons (Fsp3) is 0.500. The second-order valence-corrected chi connectivity index (χ2v) is 5.00. The van der Waals surface area contributed by atoms with Gasteiger partial charge in [-0.2, -0.15) is 0 Å². The van der Waals surface area contributed by atoms with E-state index in [4.69, 9.17) is 5.73 Å². The minimum absolute atomic E-state index is 0.0370. The highest BCUT2D eigenvalue weighted by Gasteiger charge is 2.27. The van der Waals surface area contributed by atoms with Gasteiger partial charge in [-0.05, 0) is 36.4 Å². The van der Waals surface area contributed by atoms with E-state index in [0.717, 1.165) is 18.5 Å². The van der Waals surface area contributed by atoms with Crippen molar-refractivity contribution in [2.45, 2.75) is 32.6 Å². The van der Waals surface area contributed by atoms with Crippen LogP contribution in [0.4, 0.5) is 5.69 Å². The third-order valence-electron chi connectivity index (χ3n) is 3.41. The summed E-state index contributed by atoms with van der Waals surface area (Å²) in [5, 5.41) is 3.05. The summed E-state index contributed by atoms with van der Waals surface area (Å²) in [6.07, 6.45) is 1.58. The van der Waals surface area contributed by atoms with Crippen molar-refractivity contribution in [2.24, 2.45) is 11.7 Å². The van der Waals surface area contributed by atoms with Gasteiger partial charge in [0, 0.05) is 11.6 Å². The number of amides is 1. The third-order valence-corrected chi connectivity index (χ3v) is 3.41. The van der Waals surface area contributed by atoms with Crippen molar-refractivity contribution in [3.63, 3.8) is 0 Å². The normalized spacial score (nSPS) is 19.1. The van der Waals surface area contributed by atoms with E-state index in [1.54, 1.807) is 0 Å². The number of nitrogens with two attached hydrogens (primary N) is 1. The number of para-hydroxylation sites is 1. The number of carbonyl (C=O) groups is 1. The maximum Gasteiger partial charge on any atom is 0.227 e. The Morgan fingerprint density at radius 3 is 2.88 bits per heavy atom. The van der Waals surface area contributed by atoms with Crippen molar-refractivity contribution in [3.8, 4) is 0 Å². The van der Waals surface area contributed by atoms with Gasteiger partial charge in [0.2, 0.25) is 5.91 Å². The zero-order valence-electron chi connectivity index (χ0n) is 10.5. The molecule has 1 unspecified atom stereocenters. The highest BCUT2D eigenvalue weighted by molar-refractivity contribution is 5.96. The Bertz CT molecular complexity index is 426. The zero-order chi connectivity index (χ0) is 12.4. The predicted octanol–water partition coefficient (Wildman–Crippen LogP) is 2.27. The summed E-state index contributed by atoms with van der Waals surface area (Å²) in [6.45, 7) is 4.86. The fourth-order valence-corrected chi connectivity index (χ4v) is 2.44. The molecule has 1 aromatic carbocycles. The van der Waals surface area contributed by atoms with Gasteiger partial charge in [0.1, 0.15) is 0 Å². The highest BCUT2D eigenvalue weighted by atomic mass is 16.1. The largest absolute Gasteiger partial charge is 0.330 e. The van der Waals surface area contributed by atoms with Crippen LogP contribution in [0.15, 0.2) is 18.2 Å². The number of carbonyl (C=O) groups excluding carboxylic acids is 1. The van der Waals surface area contributed by atoms with Gasteiger partial charge in [-0.25, -0.2) is 0 Å². The molecule has 1 aliphatic rings. The topological polar surface area (TPSA) is 55.1 Å².